The van der Waals surface area contributed by atoms with Gasteiger partial charge in [0.1, 0.15) is 5.01 Å². The number of nitrogens with zero attached hydrogens (tertiary/aromatic N) is 3. The average Bonchev–Trinajstić information content (AvgIpc) is 3.17. The molecular weight excluding hydrogens is 318 g/mol. The van der Waals surface area contributed by atoms with Crippen molar-refractivity contribution in [3.8, 4) is 10.7 Å². The monoisotopic (exact) mass is 333 g/mol. The molecule has 3 nitrogen and oxygen atoms in total. The molecule has 0 saturated carbocycles. The van der Waals surface area contributed by atoms with Crippen LogP contribution in [0.5, 0.6) is 0 Å². The number of pyridine rings is 1. The molecule has 0 aliphatic carbocycles. The fraction of sp³-hybridized carbons (Fsp3) is 0.267. The highest BCUT2D eigenvalue weighted by atomic mass is 32.2. The number of aromatic nitrogens is 3. The van der Waals surface area contributed by atoms with E-state index in [2.05, 4.69) is 35.9 Å². The highest BCUT2D eigenvalue weighted by Crippen LogP contribution is 2.29. The topological polar surface area (TPSA) is 38.7 Å². The largest absolute Gasteiger partial charge is 0.252 e. The summed E-state index contributed by atoms with van der Waals surface area (Å²) < 4.78 is 1.22. The van der Waals surface area contributed by atoms with E-state index in [1.165, 1.54) is 9.09 Å². The Morgan fingerprint density at radius 2 is 2.14 bits per heavy atom. The van der Waals surface area contributed by atoms with Gasteiger partial charge in [-0.1, -0.05) is 19.9 Å². The quantitative estimate of drug-likeness (QED) is 0.611. The molecule has 108 valence electrons. The van der Waals surface area contributed by atoms with Crippen LogP contribution in [0.2, 0.25) is 0 Å². The first-order valence-electron chi connectivity index (χ1n) is 6.65. The average molecular weight is 334 g/mol. The van der Waals surface area contributed by atoms with Crippen LogP contribution in [0.1, 0.15) is 30.3 Å². The number of hydrogen-bond donors (Lipinski definition) is 0. The van der Waals surface area contributed by atoms with Crippen LogP contribution in [0.3, 0.4) is 0 Å². The second-order valence-electron chi connectivity index (χ2n) is 4.85. The zero-order valence-electron chi connectivity index (χ0n) is 11.8. The molecule has 0 aromatic carbocycles. The van der Waals surface area contributed by atoms with E-state index < -0.39 is 0 Å². The van der Waals surface area contributed by atoms with E-state index in [1.807, 2.05) is 24.0 Å². The minimum Gasteiger partial charge on any atom is -0.252 e. The molecule has 0 aliphatic rings. The molecule has 0 aliphatic heterocycles. The molecule has 3 rings (SSSR count). The third kappa shape index (κ3) is 3.70. The van der Waals surface area contributed by atoms with Crippen LogP contribution in [-0.4, -0.2) is 15.0 Å². The van der Waals surface area contributed by atoms with Gasteiger partial charge in [-0.25, -0.2) is 9.97 Å². The van der Waals surface area contributed by atoms with Crippen molar-refractivity contribution in [2.45, 2.75) is 29.7 Å². The molecule has 3 aromatic rings. The van der Waals surface area contributed by atoms with Gasteiger partial charge in [0.15, 0.2) is 0 Å². The molecule has 0 radical (unpaired) electrons. The van der Waals surface area contributed by atoms with E-state index >= 15 is 0 Å². The van der Waals surface area contributed by atoms with Gasteiger partial charge in [-0.2, -0.15) is 0 Å². The second kappa shape index (κ2) is 6.68. The molecule has 21 heavy (non-hydrogen) atoms. The van der Waals surface area contributed by atoms with Gasteiger partial charge in [-0.3, -0.25) is 4.98 Å². The lowest BCUT2D eigenvalue weighted by Crippen LogP contribution is -1.89. The molecular formula is C15H15N3S3. The Morgan fingerprint density at radius 3 is 2.86 bits per heavy atom. The minimum atomic E-state index is 0.515. The number of thioether (sulfide) groups is 1. The second-order valence-corrected chi connectivity index (χ2v) is 8.07. The van der Waals surface area contributed by atoms with E-state index in [-0.39, 0.29) is 0 Å². The maximum Gasteiger partial charge on any atom is 0.142 e. The summed E-state index contributed by atoms with van der Waals surface area (Å²) in [7, 11) is 0. The predicted octanol–water partition coefficient (Wildman–Crippen LogP) is 5.08. The van der Waals surface area contributed by atoms with Crippen molar-refractivity contribution >= 4 is 34.4 Å². The lowest BCUT2D eigenvalue weighted by molar-refractivity contribution is 0.885. The Kier molecular flexibility index (Phi) is 4.67. The van der Waals surface area contributed by atoms with Gasteiger partial charge < -0.3 is 0 Å². The van der Waals surface area contributed by atoms with Crippen LogP contribution >= 0.6 is 34.4 Å². The molecule has 0 unspecified atom stereocenters. The first-order valence-corrected chi connectivity index (χ1v) is 9.34. The fourth-order valence-corrected chi connectivity index (χ4v) is 4.17. The van der Waals surface area contributed by atoms with Crippen LogP contribution in [0.4, 0.5) is 0 Å². The molecule has 0 fully saturated rings. The van der Waals surface area contributed by atoms with Crippen molar-refractivity contribution < 1.29 is 0 Å². The SMILES string of the molecule is CC(C)c1cnc(-c2cccc(CSc3cncs3)n2)s1. The number of rotatable bonds is 5. The molecule has 6 heteroatoms. The Hall–Kier alpha value is -1.24. The van der Waals surface area contributed by atoms with Crippen molar-refractivity contribution in [2.24, 2.45) is 0 Å². The van der Waals surface area contributed by atoms with Crippen molar-refractivity contribution in [1.29, 1.82) is 0 Å². The predicted molar refractivity (Wildman–Crippen MR) is 91.1 cm³/mol. The van der Waals surface area contributed by atoms with Crippen LogP contribution < -0.4 is 0 Å². The van der Waals surface area contributed by atoms with Crippen LogP contribution in [0.25, 0.3) is 10.7 Å². The molecule has 0 saturated heterocycles. The summed E-state index contributed by atoms with van der Waals surface area (Å²) in [6.45, 7) is 4.37. The summed E-state index contributed by atoms with van der Waals surface area (Å²) in [6, 6.07) is 6.15. The van der Waals surface area contributed by atoms with Gasteiger partial charge in [0.25, 0.3) is 0 Å². The highest BCUT2D eigenvalue weighted by Gasteiger charge is 2.09. The highest BCUT2D eigenvalue weighted by molar-refractivity contribution is 8.00. The lowest BCUT2D eigenvalue weighted by atomic mass is 10.2. The summed E-state index contributed by atoms with van der Waals surface area (Å²) >= 11 is 5.16. The molecule has 0 spiro atoms. The smallest absolute Gasteiger partial charge is 0.142 e. The third-order valence-corrected chi connectivity index (χ3v) is 6.25. The van der Waals surface area contributed by atoms with Gasteiger partial charge in [0.2, 0.25) is 0 Å². The Labute approximate surface area is 136 Å². The molecule has 0 N–H and O–H groups in total. The Balaban J connectivity index is 1.75. The first-order chi connectivity index (χ1) is 10.2. The zero-order valence-corrected chi connectivity index (χ0v) is 14.3. The van der Waals surface area contributed by atoms with Crippen LogP contribution in [0.15, 0.2) is 40.3 Å². The van der Waals surface area contributed by atoms with Crippen molar-refractivity contribution in [1.82, 2.24) is 15.0 Å². The summed E-state index contributed by atoms with van der Waals surface area (Å²) in [6.07, 6.45) is 3.86. The van der Waals surface area contributed by atoms with E-state index in [1.54, 1.807) is 34.4 Å². The fourth-order valence-electron chi connectivity index (χ4n) is 1.77. The zero-order chi connectivity index (χ0) is 14.7. The van der Waals surface area contributed by atoms with E-state index in [0.29, 0.717) is 5.92 Å². The number of thiazole rings is 2. The summed E-state index contributed by atoms with van der Waals surface area (Å²) in [5.41, 5.74) is 3.90. The van der Waals surface area contributed by atoms with E-state index in [0.717, 1.165) is 22.1 Å². The van der Waals surface area contributed by atoms with Crippen molar-refractivity contribution in [3.63, 3.8) is 0 Å². The van der Waals surface area contributed by atoms with Gasteiger partial charge in [-0.15, -0.1) is 34.4 Å². The van der Waals surface area contributed by atoms with Crippen molar-refractivity contribution in [3.05, 3.63) is 46.7 Å². The van der Waals surface area contributed by atoms with Gasteiger partial charge in [0, 0.05) is 16.8 Å². The first kappa shape index (κ1) is 14.7. The van der Waals surface area contributed by atoms with Gasteiger partial charge in [0.05, 0.1) is 27.3 Å². The molecule has 0 atom stereocenters. The number of hydrogen-bond acceptors (Lipinski definition) is 6. The standard InChI is InChI=1S/C15H15N3S3/c1-10(2)13-6-17-15(21-13)12-5-3-4-11(18-12)8-19-14-7-16-9-20-14/h3-7,9-10H,8H2,1-2H3. The summed E-state index contributed by atoms with van der Waals surface area (Å²) in [5.74, 6) is 1.37. The van der Waals surface area contributed by atoms with Crippen LogP contribution in [-0.2, 0) is 5.75 Å². The van der Waals surface area contributed by atoms with E-state index in [4.69, 9.17) is 4.98 Å². The van der Waals surface area contributed by atoms with E-state index in [9.17, 15) is 0 Å². The van der Waals surface area contributed by atoms with Gasteiger partial charge in [-0.05, 0) is 18.1 Å². The molecule has 3 aromatic heterocycles. The summed E-state index contributed by atoms with van der Waals surface area (Å²) in [5, 5.41) is 1.00. The normalized spacial score (nSPS) is 11.2. The van der Waals surface area contributed by atoms with Gasteiger partial charge >= 0.3 is 0 Å². The maximum absolute atomic E-state index is 4.73. The van der Waals surface area contributed by atoms with Crippen LogP contribution in [0, 0.1) is 0 Å². The maximum atomic E-state index is 4.73. The molecule has 0 amide bonds. The molecule has 3 heterocycles. The molecule has 0 bridgehead atoms. The third-order valence-electron chi connectivity index (χ3n) is 2.89. The summed E-state index contributed by atoms with van der Waals surface area (Å²) in [4.78, 5) is 14.6. The lowest BCUT2D eigenvalue weighted by Gasteiger charge is -2.01. The van der Waals surface area contributed by atoms with Crippen molar-refractivity contribution in [2.75, 3.05) is 0 Å². The Morgan fingerprint density at radius 1 is 1.24 bits per heavy atom. The minimum absolute atomic E-state index is 0.515. The Bertz CT molecular complexity index is 705.